The molecule has 0 spiro atoms. The molecule has 136 valence electrons. The summed E-state index contributed by atoms with van der Waals surface area (Å²) in [6, 6.07) is 5.21. The number of benzene rings is 1. The Labute approximate surface area is 154 Å². The lowest BCUT2D eigenvalue weighted by atomic mass is 10.3. The van der Waals surface area contributed by atoms with Crippen LogP contribution in [0.4, 0.5) is 13.2 Å². The summed E-state index contributed by atoms with van der Waals surface area (Å²) >= 11 is 11.6. The van der Waals surface area contributed by atoms with Crippen LogP contribution in [0.3, 0.4) is 0 Å². The molecule has 2 aromatic heterocycles. The molecule has 3 rings (SSSR count). The summed E-state index contributed by atoms with van der Waals surface area (Å²) < 4.78 is 46.7. The summed E-state index contributed by atoms with van der Waals surface area (Å²) in [5, 5.41) is 4.17. The van der Waals surface area contributed by atoms with Crippen molar-refractivity contribution in [1.29, 1.82) is 0 Å². The van der Waals surface area contributed by atoms with Crippen molar-refractivity contribution in [2.45, 2.75) is 6.18 Å². The number of ether oxygens (including phenoxy) is 1. The number of aromatic amines is 1. The fraction of sp³-hybridized carbons (Fsp3) is 0.133. The van der Waals surface area contributed by atoms with E-state index in [1.165, 1.54) is 35.1 Å². The summed E-state index contributed by atoms with van der Waals surface area (Å²) in [6.07, 6.45) is -3.42. The van der Waals surface area contributed by atoms with Crippen LogP contribution in [0.2, 0.25) is 10.0 Å². The molecule has 0 saturated carbocycles. The van der Waals surface area contributed by atoms with Crippen molar-refractivity contribution in [2.24, 2.45) is 7.05 Å². The zero-order valence-corrected chi connectivity index (χ0v) is 14.4. The fourth-order valence-corrected chi connectivity index (χ4v) is 2.36. The van der Waals surface area contributed by atoms with Gasteiger partial charge in [0.25, 0.3) is 5.56 Å². The molecule has 0 atom stereocenters. The first-order chi connectivity index (χ1) is 12.1. The maximum atomic E-state index is 13.4. The van der Waals surface area contributed by atoms with Gasteiger partial charge in [0.1, 0.15) is 11.4 Å². The average Bonchev–Trinajstić information content (AvgIpc) is 2.98. The topological polar surface area (TPSA) is 72.8 Å². The predicted octanol–water partition coefficient (Wildman–Crippen LogP) is 4.29. The number of hydrogen-bond acceptors (Lipinski definition) is 4. The molecule has 0 radical (unpaired) electrons. The first-order valence-corrected chi connectivity index (χ1v) is 7.75. The van der Waals surface area contributed by atoms with Crippen LogP contribution >= 0.6 is 23.2 Å². The van der Waals surface area contributed by atoms with Gasteiger partial charge in [0.15, 0.2) is 11.5 Å². The monoisotopic (exact) mass is 404 g/mol. The van der Waals surface area contributed by atoms with E-state index in [1.807, 2.05) is 0 Å². The second kappa shape index (κ2) is 6.65. The highest BCUT2D eigenvalue weighted by Crippen LogP contribution is 2.36. The largest absolute Gasteiger partial charge is 0.449 e. The van der Waals surface area contributed by atoms with Crippen molar-refractivity contribution in [1.82, 2.24) is 19.7 Å². The lowest BCUT2D eigenvalue weighted by Gasteiger charge is -2.13. The molecule has 6 nitrogen and oxygen atoms in total. The van der Waals surface area contributed by atoms with E-state index in [-0.39, 0.29) is 27.3 Å². The Balaban J connectivity index is 2.12. The molecule has 0 bridgehead atoms. The number of hydrogen-bond donors (Lipinski definition) is 1. The minimum Gasteiger partial charge on any atom is -0.449 e. The van der Waals surface area contributed by atoms with Crippen molar-refractivity contribution in [2.75, 3.05) is 0 Å². The number of H-pyrrole nitrogens is 1. The molecule has 26 heavy (non-hydrogen) atoms. The Morgan fingerprint density at radius 2 is 1.92 bits per heavy atom. The average molecular weight is 405 g/mol. The van der Waals surface area contributed by atoms with Crippen LogP contribution in [0.15, 0.2) is 35.3 Å². The van der Waals surface area contributed by atoms with Crippen molar-refractivity contribution < 1.29 is 17.9 Å². The molecule has 0 aliphatic carbocycles. The Kier molecular flexibility index (Phi) is 4.68. The van der Waals surface area contributed by atoms with E-state index in [4.69, 9.17) is 27.9 Å². The van der Waals surface area contributed by atoms with Crippen LogP contribution in [0.25, 0.3) is 11.5 Å². The van der Waals surface area contributed by atoms with Crippen LogP contribution < -0.4 is 10.3 Å². The molecule has 0 aliphatic heterocycles. The van der Waals surface area contributed by atoms with E-state index in [1.54, 1.807) is 7.05 Å². The lowest BCUT2D eigenvalue weighted by molar-refractivity contribution is -0.142. The van der Waals surface area contributed by atoms with Crippen LogP contribution in [0.5, 0.6) is 11.5 Å². The quantitative estimate of drug-likeness (QED) is 0.706. The van der Waals surface area contributed by atoms with E-state index in [0.717, 1.165) is 0 Å². The minimum atomic E-state index is -4.93. The minimum absolute atomic E-state index is 0.0622. The molecule has 0 unspecified atom stereocenters. The zero-order valence-electron chi connectivity index (χ0n) is 12.9. The van der Waals surface area contributed by atoms with Crippen molar-refractivity contribution in [3.05, 3.63) is 56.6 Å². The first-order valence-electron chi connectivity index (χ1n) is 6.99. The van der Waals surface area contributed by atoms with E-state index in [2.05, 4.69) is 15.1 Å². The van der Waals surface area contributed by atoms with Gasteiger partial charge in [-0.1, -0.05) is 23.2 Å². The molecular weight excluding hydrogens is 396 g/mol. The molecule has 11 heteroatoms. The number of halogens is 5. The number of aryl methyl sites for hydroxylation is 1. The lowest BCUT2D eigenvalue weighted by Crippen LogP contribution is -2.20. The number of aromatic nitrogens is 4. The van der Waals surface area contributed by atoms with Gasteiger partial charge in [0, 0.05) is 19.3 Å². The smallest absolute Gasteiger partial charge is 0.437 e. The summed E-state index contributed by atoms with van der Waals surface area (Å²) in [4.78, 5) is 18.0. The maximum Gasteiger partial charge on any atom is 0.437 e. The van der Waals surface area contributed by atoms with E-state index >= 15 is 0 Å². The van der Waals surface area contributed by atoms with Gasteiger partial charge >= 0.3 is 6.18 Å². The number of alkyl halides is 3. The summed E-state index contributed by atoms with van der Waals surface area (Å²) in [5.41, 5.74) is -2.51. The maximum absolute atomic E-state index is 13.4. The second-order valence-electron chi connectivity index (χ2n) is 5.14. The molecule has 1 aromatic carbocycles. The SMILES string of the molecule is Cn1ccc(-c2nc(C(F)(F)F)c(Oc3ccc(Cl)c(Cl)c3)c(=O)[nH]2)n1. The highest BCUT2D eigenvalue weighted by Gasteiger charge is 2.39. The normalized spacial score (nSPS) is 11.6. The molecule has 0 aliphatic rings. The summed E-state index contributed by atoms with van der Waals surface area (Å²) in [7, 11) is 1.58. The second-order valence-corrected chi connectivity index (χ2v) is 5.96. The van der Waals surface area contributed by atoms with Gasteiger partial charge in [-0.15, -0.1) is 0 Å². The fourth-order valence-electron chi connectivity index (χ4n) is 2.07. The number of nitrogens with zero attached hydrogens (tertiary/aromatic N) is 3. The van der Waals surface area contributed by atoms with E-state index < -0.39 is 23.2 Å². The summed E-state index contributed by atoms with van der Waals surface area (Å²) in [6.45, 7) is 0. The molecule has 1 N–H and O–H groups in total. The molecule has 0 saturated heterocycles. The molecule has 2 heterocycles. The van der Waals surface area contributed by atoms with Crippen molar-refractivity contribution in [3.63, 3.8) is 0 Å². The van der Waals surface area contributed by atoms with Crippen LogP contribution in [-0.2, 0) is 13.2 Å². The van der Waals surface area contributed by atoms with Crippen molar-refractivity contribution in [3.8, 4) is 23.0 Å². The Morgan fingerprint density at radius 3 is 2.50 bits per heavy atom. The van der Waals surface area contributed by atoms with Gasteiger partial charge in [-0.3, -0.25) is 9.48 Å². The van der Waals surface area contributed by atoms with Crippen LogP contribution in [0, 0.1) is 0 Å². The zero-order chi connectivity index (χ0) is 19.1. The van der Waals surface area contributed by atoms with Gasteiger partial charge < -0.3 is 9.72 Å². The molecular formula is C15H9Cl2F3N4O2. The Hall–Kier alpha value is -2.52. The molecule has 3 aromatic rings. The standard InChI is InChI=1S/C15H9Cl2F3N4O2/c1-24-5-4-10(23-24)13-21-12(15(18,19)20)11(14(25)22-13)26-7-2-3-8(16)9(17)6-7/h2-6H,1H3,(H,21,22,25). The van der Waals surface area contributed by atoms with E-state index in [0.29, 0.717) is 0 Å². The highest BCUT2D eigenvalue weighted by atomic mass is 35.5. The molecule has 0 fully saturated rings. The first kappa shape index (κ1) is 18.3. The number of rotatable bonds is 3. The van der Waals surface area contributed by atoms with Gasteiger partial charge in [0.2, 0.25) is 5.75 Å². The predicted molar refractivity (Wildman–Crippen MR) is 88.6 cm³/mol. The summed E-state index contributed by atoms with van der Waals surface area (Å²) in [5.74, 6) is -1.43. The van der Waals surface area contributed by atoms with Gasteiger partial charge in [-0.2, -0.15) is 18.3 Å². The third kappa shape index (κ3) is 3.68. The Bertz CT molecular complexity index is 1030. The third-order valence-corrected chi connectivity index (χ3v) is 3.95. The highest BCUT2D eigenvalue weighted by molar-refractivity contribution is 6.42. The van der Waals surface area contributed by atoms with Gasteiger partial charge in [0.05, 0.1) is 10.0 Å². The van der Waals surface area contributed by atoms with Crippen LogP contribution in [-0.4, -0.2) is 19.7 Å². The van der Waals surface area contributed by atoms with Crippen LogP contribution in [0.1, 0.15) is 5.69 Å². The Morgan fingerprint density at radius 1 is 1.19 bits per heavy atom. The van der Waals surface area contributed by atoms with Gasteiger partial charge in [-0.05, 0) is 18.2 Å². The van der Waals surface area contributed by atoms with E-state index in [9.17, 15) is 18.0 Å². The van der Waals surface area contributed by atoms with Gasteiger partial charge in [-0.25, -0.2) is 4.98 Å². The molecule has 0 amide bonds. The number of nitrogens with one attached hydrogen (secondary N) is 1. The van der Waals surface area contributed by atoms with Crippen molar-refractivity contribution >= 4 is 23.2 Å². The third-order valence-electron chi connectivity index (χ3n) is 3.21.